The summed E-state index contributed by atoms with van der Waals surface area (Å²) < 4.78 is 10.6. The molecule has 0 amide bonds. The average molecular weight is 328 g/mol. The minimum Gasteiger partial charge on any atom is -0.462 e. The summed E-state index contributed by atoms with van der Waals surface area (Å²) >= 11 is 6.03. The maximum Gasteiger partial charge on any atom is 0.344 e. The molecule has 3 aromatic rings. The molecule has 0 saturated carbocycles. The van der Waals surface area contributed by atoms with Crippen LogP contribution in [0, 0.1) is 0 Å². The Kier molecular flexibility index (Phi) is 4.44. The van der Waals surface area contributed by atoms with E-state index in [-0.39, 0.29) is 6.61 Å². The number of nitrogens with zero attached hydrogens (tertiary/aromatic N) is 1. The largest absolute Gasteiger partial charge is 0.462 e. The van der Waals surface area contributed by atoms with Crippen LogP contribution in [0.5, 0.6) is 0 Å². The number of rotatable bonds is 4. The van der Waals surface area contributed by atoms with Crippen molar-refractivity contribution >= 4 is 17.6 Å². The lowest BCUT2D eigenvalue weighted by Crippen LogP contribution is -2.06. The number of carbonyl (C=O) groups is 1. The molecule has 0 N–H and O–H groups in total. The van der Waals surface area contributed by atoms with Gasteiger partial charge in [-0.1, -0.05) is 59.2 Å². The molecular weight excluding hydrogens is 314 g/mol. The lowest BCUT2D eigenvalue weighted by atomic mass is 10.0. The summed E-state index contributed by atoms with van der Waals surface area (Å²) in [5.74, 6) is -0.118. The Labute approximate surface area is 138 Å². The number of halogens is 1. The second kappa shape index (κ2) is 6.67. The molecule has 1 heterocycles. The number of carbonyl (C=O) groups excluding carboxylic acids is 1. The first-order valence-electron chi connectivity index (χ1n) is 7.19. The molecule has 23 heavy (non-hydrogen) atoms. The maximum atomic E-state index is 12.4. The Morgan fingerprint density at radius 2 is 1.87 bits per heavy atom. The van der Waals surface area contributed by atoms with Crippen LogP contribution >= 0.6 is 11.6 Å². The monoisotopic (exact) mass is 327 g/mol. The van der Waals surface area contributed by atoms with Gasteiger partial charge >= 0.3 is 5.97 Å². The number of hydrogen-bond acceptors (Lipinski definition) is 4. The minimum absolute atomic E-state index is 0.271. The summed E-state index contributed by atoms with van der Waals surface area (Å²) in [5.41, 5.74) is 2.22. The summed E-state index contributed by atoms with van der Waals surface area (Å²) in [6.07, 6.45) is 0. The predicted molar refractivity (Wildman–Crippen MR) is 88.3 cm³/mol. The van der Waals surface area contributed by atoms with E-state index in [1.54, 1.807) is 25.1 Å². The molecule has 0 radical (unpaired) electrons. The first kappa shape index (κ1) is 15.3. The van der Waals surface area contributed by atoms with E-state index in [0.29, 0.717) is 27.6 Å². The topological polar surface area (TPSA) is 52.3 Å². The van der Waals surface area contributed by atoms with Crippen molar-refractivity contribution in [3.8, 4) is 22.6 Å². The van der Waals surface area contributed by atoms with Crippen LogP contribution in [0.3, 0.4) is 0 Å². The highest BCUT2D eigenvalue weighted by Crippen LogP contribution is 2.33. The van der Waals surface area contributed by atoms with Gasteiger partial charge in [0.05, 0.1) is 6.61 Å². The van der Waals surface area contributed by atoms with Crippen molar-refractivity contribution in [2.24, 2.45) is 0 Å². The highest BCUT2D eigenvalue weighted by Gasteiger charge is 2.26. The van der Waals surface area contributed by atoms with Crippen molar-refractivity contribution in [1.29, 1.82) is 0 Å². The molecule has 0 aliphatic heterocycles. The van der Waals surface area contributed by atoms with E-state index in [0.717, 1.165) is 5.56 Å². The van der Waals surface area contributed by atoms with Crippen molar-refractivity contribution in [2.75, 3.05) is 6.61 Å². The second-order valence-electron chi connectivity index (χ2n) is 4.83. The van der Waals surface area contributed by atoms with E-state index < -0.39 is 5.97 Å². The van der Waals surface area contributed by atoms with Gasteiger partial charge < -0.3 is 9.26 Å². The quantitative estimate of drug-likeness (QED) is 0.643. The Hall–Kier alpha value is -2.59. The van der Waals surface area contributed by atoms with E-state index >= 15 is 0 Å². The SMILES string of the molecule is CCOC(=O)c1c(-c2ccccc2)noc1-c1cccc(Cl)c1. The van der Waals surface area contributed by atoms with Gasteiger partial charge in [0.15, 0.2) is 5.76 Å². The van der Waals surface area contributed by atoms with Crippen LogP contribution in [0.1, 0.15) is 17.3 Å². The maximum absolute atomic E-state index is 12.4. The van der Waals surface area contributed by atoms with Crippen LogP contribution in [-0.2, 0) is 4.74 Å². The van der Waals surface area contributed by atoms with Gasteiger partial charge in [-0.2, -0.15) is 0 Å². The number of esters is 1. The third-order valence-corrected chi connectivity index (χ3v) is 3.54. The van der Waals surface area contributed by atoms with E-state index in [1.807, 2.05) is 36.4 Å². The number of ether oxygens (including phenoxy) is 1. The zero-order valence-electron chi connectivity index (χ0n) is 12.5. The average Bonchev–Trinajstić information content (AvgIpc) is 3.01. The summed E-state index contributed by atoms with van der Waals surface area (Å²) in [6.45, 7) is 2.03. The van der Waals surface area contributed by atoms with Gasteiger partial charge in [-0.3, -0.25) is 0 Å². The normalized spacial score (nSPS) is 10.5. The van der Waals surface area contributed by atoms with Crippen LogP contribution in [-0.4, -0.2) is 17.7 Å². The van der Waals surface area contributed by atoms with Crippen molar-refractivity contribution in [3.05, 3.63) is 65.2 Å². The van der Waals surface area contributed by atoms with E-state index in [4.69, 9.17) is 20.9 Å². The number of hydrogen-bond donors (Lipinski definition) is 0. The highest BCUT2D eigenvalue weighted by molar-refractivity contribution is 6.30. The smallest absolute Gasteiger partial charge is 0.344 e. The van der Waals surface area contributed by atoms with Gasteiger partial charge in [-0.25, -0.2) is 4.79 Å². The molecular formula is C18H14ClNO3. The fourth-order valence-corrected chi connectivity index (χ4v) is 2.49. The molecule has 5 heteroatoms. The molecule has 2 aromatic carbocycles. The van der Waals surface area contributed by atoms with Crippen molar-refractivity contribution in [3.63, 3.8) is 0 Å². The zero-order chi connectivity index (χ0) is 16.2. The molecule has 0 saturated heterocycles. The molecule has 0 bridgehead atoms. The van der Waals surface area contributed by atoms with Gasteiger partial charge in [-0.15, -0.1) is 0 Å². The standard InChI is InChI=1S/C18H14ClNO3/c1-2-22-18(21)15-16(12-7-4-3-5-8-12)20-23-17(15)13-9-6-10-14(19)11-13/h3-11H,2H2,1H3. The van der Waals surface area contributed by atoms with Crippen LogP contribution < -0.4 is 0 Å². The Balaban J connectivity index is 2.17. The Morgan fingerprint density at radius 1 is 1.13 bits per heavy atom. The summed E-state index contributed by atoms with van der Waals surface area (Å²) in [5, 5.41) is 4.63. The fraction of sp³-hybridized carbons (Fsp3) is 0.111. The second-order valence-corrected chi connectivity index (χ2v) is 5.27. The first-order chi connectivity index (χ1) is 11.2. The Bertz CT molecular complexity index is 827. The molecule has 116 valence electrons. The van der Waals surface area contributed by atoms with Crippen molar-refractivity contribution in [1.82, 2.24) is 5.16 Å². The fourth-order valence-electron chi connectivity index (χ4n) is 2.30. The van der Waals surface area contributed by atoms with Crippen LogP contribution in [0.4, 0.5) is 0 Å². The molecule has 0 atom stereocenters. The third-order valence-electron chi connectivity index (χ3n) is 3.31. The van der Waals surface area contributed by atoms with E-state index in [9.17, 15) is 4.79 Å². The molecule has 4 nitrogen and oxygen atoms in total. The molecule has 3 rings (SSSR count). The van der Waals surface area contributed by atoms with Gasteiger partial charge in [0.2, 0.25) is 0 Å². The van der Waals surface area contributed by atoms with E-state index in [1.165, 1.54) is 0 Å². The van der Waals surface area contributed by atoms with Gasteiger partial charge in [0, 0.05) is 16.1 Å². The molecule has 0 spiro atoms. The van der Waals surface area contributed by atoms with Crippen molar-refractivity contribution in [2.45, 2.75) is 6.92 Å². The highest BCUT2D eigenvalue weighted by atomic mass is 35.5. The summed E-state index contributed by atoms with van der Waals surface area (Å²) in [6, 6.07) is 16.4. The van der Waals surface area contributed by atoms with Gasteiger partial charge in [0.25, 0.3) is 0 Å². The Morgan fingerprint density at radius 3 is 2.57 bits per heavy atom. The van der Waals surface area contributed by atoms with Crippen LogP contribution in [0.15, 0.2) is 59.1 Å². The molecule has 1 aromatic heterocycles. The number of aromatic nitrogens is 1. The minimum atomic E-state index is -0.470. The molecule has 0 aliphatic rings. The van der Waals surface area contributed by atoms with Crippen LogP contribution in [0.25, 0.3) is 22.6 Å². The molecule has 0 unspecified atom stereocenters. The lowest BCUT2D eigenvalue weighted by molar-refractivity contribution is 0.0527. The third kappa shape index (κ3) is 3.12. The number of benzene rings is 2. The zero-order valence-corrected chi connectivity index (χ0v) is 13.2. The van der Waals surface area contributed by atoms with E-state index in [2.05, 4.69) is 5.16 Å². The predicted octanol–water partition coefficient (Wildman–Crippen LogP) is 4.84. The van der Waals surface area contributed by atoms with Crippen LogP contribution in [0.2, 0.25) is 5.02 Å². The first-order valence-corrected chi connectivity index (χ1v) is 7.56. The van der Waals surface area contributed by atoms with Gasteiger partial charge in [-0.05, 0) is 19.1 Å². The summed E-state index contributed by atoms with van der Waals surface area (Å²) in [4.78, 5) is 12.4. The summed E-state index contributed by atoms with van der Waals surface area (Å²) in [7, 11) is 0. The lowest BCUT2D eigenvalue weighted by Gasteiger charge is -2.04. The molecule has 0 fully saturated rings. The van der Waals surface area contributed by atoms with Gasteiger partial charge in [0.1, 0.15) is 11.3 Å². The van der Waals surface area contributed by atoms with Crippen molar-refractivity contribution < 1.29 is 14.1 Å². The molecule has 0 aliphatic carbocycles.